The Hall–Kier alpha value is -6.43. The number of likely N-dealkylation sites (tertiary alicyclic amines) is 1. The number of rotatable bonds is 16. The summed E-state index contributed by atoms with van der Waals surface area (Å²) in [5, 5.41) is 18.0. The molecule has 0 unspecified atom stereocenters. The highest BCUT2D eigenvalue weighted by Crippen LogP contribution is 2.49. The predicted octanol–water partition coefficient (Wildman–Crippen LogP) is 6.17. The molecule has 8 rings (SSSR count). The number of ether oxygens (including phenoxy) is 2. The molecular formula is C49H45N6O5PS. The number of nitrogens with one attached hydrogen (secondary N) is 1. The fourth-order valence-corrected chi connectivity index (χ4v) is 12.9. The van der Waals surface area contributed by atoms with Crippen LogP contribution in [0.3, 0.4) is 0 Å². The molecule has 7 aromatic rings. The topological polar surface area (TPSA) is 129 Å². The van der Waals surface area contributed by atoms with E-state index in [1.807, 2.05) is 126 Å². The Morgan fingerprint density at radius 3 is 1.65 bits per heavy atom. The van der Waals surface area contributed by atoms with Crippen molar-refractivity contribution in [1.82, 2.24) is 30.4 Å². The van der Waals surface area contributed by atoms with Crippen molar-refractivity contribution in [3.63, 3.8) is 0 Å². The lowest BCUT2D eigenvalue weighted by Gasteiger charge is -2.50. The molecule has 1 aliphatic heterocycles. The Labute approximate surface area is 365 Å². The number of nitrogens with zero attached hydrogens (tertiary/aromatic N) is 5. The van der Waals surface area contributed by atoms with E-state index in [2.05, 4.69) is 57.2 Å². The number of esters is 1. The van der Waals surface area contributed by atoms with Gasteiger partial charge in [-0.05, 0) is 56.5 Å². The van der Waals surface area contributed by atoms with E-state index in [-0.39, 0.29) is 24.0 Å². The van der Waals surface area contributed by atoms with Gasteiger partial charge in [0.25, 0.3) is 5.91 Å². The molecule has 0 aliphatic carbocycles. The SMILES string of the molecule is C[C@H](O[C@@H]1[C@H](NC(=O)c2ccccc2)CN1C(C(=O)OC(c1ccccc1)c1ccccc1)=P(c1ccccc1)(c1ccccc1)c1ccccc1)C(=O)CSc1nnnn1C. The number of aryl methyl sites for hydroxylation is 1. The summed E-state index contributed by atoms with van der Waals surface area (Å²) in [5.41, 5.74) is 2.44. The minimum atomic E-state index is -3.19. The van der Waals surface area contributed by atoms with Crippen LogP contribution in [-0.2, 0) is 26.1 Å². The van der Waals surface area contributed by atoms with Crippen LogP contribution in [-0.4, -0.2) is 78.9 Å². The van der Waals surface area contributed by atoms with Crippen molar-refractivity contribution in [2.75, 3.05) is 12.3 Å². The zero-order valence-corrected chi connectivity index (χ0v) is 35.9. The summed E-state index contributed by atoms with van der Waals surface area (Å²) < 4.78 is 15.2. The monoisotopic (exact) mass is 860 g/mol. The highest BCUT2D eigenvalue weighted by Gasteiger charge is 2.50. The maximum Gasteiger partial charge on any atom is 0.351 e. The van der Waals surface area contributed by atoms with Crippen molar-refractivity contribution in [2.45, 2.75) is 36.6 Å². The highest BCUT2D eigenvalue weighted by atomic mass is 32.2. The molecule has 312 valence electrons. The summed E-state index contributed by atoms with van der Waals surface area (Å²) >= 11 is 1.20. The lowest BCUT2D eigenvalue weighted by Crippen LogP contribution is -2.71. The molecule has 13 heteroatoms. The maximum atomic E-state index is 16.0. The van der Waals surface area contributed by atoms with Crippen molar-refractivity contribution in [2.24, 2.45) is 7.05 Å². The van der Waals surface area contributed by atoms with Crippen LogP contribution in [0, 0.1) is 0 Å². The van der Waals surface area contributed by atoms with Gasteiger partial charge < -0.3 is 14.8 Å². The summed E-state index contributed by atoms with van der Waals surface area (Å²) in [6, 6.07) is 57.8. The van der Waals surface area contributed by atoms with Gasteiger partial charge in [0.2, 0.25) is 5.16 Å². The van der Waals surface area contributed by atoms with Crippen LogP contribution >= 0.6 is 18.6 Å². The molecule has 62 heavy (non-hydrogen) atoms. The number of aromatic nitrogens is 4. The minimum Gasteiger partial charge on any atom is -0.448 e. The second-order valence-corrected chi connectivity index (χ2v) is 19.0. The van der Waals surface area contributed by atoms with E-state index in [1.165, 1.54) is 16.4 Å². The molecule has 11 nitrogen and oxygen atoms in total. The number of thioether (sulfide) groups is 1. The number of Topliss-reactive ketones (excluding diaryl/α,β-unsaturated/α-hetero) is 1. The van der Waals surface area contributed by atoms with Gasteiger partial charge >= 0.3 is 5.97 Å². The van der Waals surface area contributed by atoms with Gasteiger partial charge in [-0.1, -0.05) is 182 Å². The van der Waals surface area contributed by atoms with Crippen molar-refractivity contribution in [3.05, 3.63) is 199 Å². The van der Waals surface area contributed by atoms with Crippen LogP contribution in [0.1, 0.15) is 34.5 Å². The molecular weight excluding hydrogens is 816 g/mol. The number of hydrogen-bond acceptors (Lipinski definition) is 9. The number of carbonyl (C=O) groups excluding carboxylic acids is 3. The second kappa shape index (κ2) is 19.5. The Balaban J connectivity index is 1.32. The molecule has 0 bridgehead atoms. The normalized spacial score (nSPS) is 15.6. The second-order valence-electron chi connectivity index (χ2n) is 14.7. The lowest BCUT2D eigenvalue weighted by atomic mass is 10.0. The molecule has 0 spiro atoms. The van der Waals surface area contributed by atoms with Crippen molar-refractivity contribution in [3.8, 4) is 0 Å². The van der Waals surface area contributed by atoms with Crippen LogP contribution in [0.5, 0.6) is 0 Å². The van der Waals surface area contributed by atoms with Crippen LogP contribution in [0.15, 0.2) is 187 Å². The molecule has 1 amide bonds. The third-order valence-electron chi connectivity index (χ3n) is 10.8. The number of amides is 1. The van der Waals surface area contributed by atoms with Crippen LogP contribution in [0.25, 0.3) is 0 Å². The lowest BCUT2D eigenvalue weighted by molar-refractivity contribution is -0.159. The molecule has 3 atom stereocenters. The number of carbonyl (C=O) groups is 3. The predicted molar refractivity (Wildman–Crippen MR) is 244 cm³/mol. The van der Waals surface area contributed by atoms with Crippen molar-refractivity contribution < 1.29 is 23.9 Å². The molecule has 1 saturated heterocycles. The van der Waals surface area contributed by atoms with Gasteiger partial charge in [-0.3, -0.25) is 9.59 Å². The summed E-state index contributed by atoms with van der Waals surface area (Å²) in [6.07, 6.45) is -2.69. The van der Waals surface area contributed by atoms with E-state index < -0.39 is 37.3 Å². The average molecular weight is 861 g/mol. The first kappa shape index (κ1) is 42.3. The van der Waals surface area contributed by atoms with E-state index in [0.717, 1.165) is 27.0 Å². The van der Waals surface area contributed by atoms with Gasteiger partial charge in [0.15, 0.2) is 11.9 Å². The van der Waals surface area contributed by atoms with Gasteiger partial charge in [0, 0.05) is 26.0 Å². The molecule has 1 fully saturated rings. The maximum absolute atomic E-state index is 16.0. The van der Waals surface area contributed by atoms with Crippen LogP contribution in [0.2, 0.25) is 0 Å². The molecule has 1 N–H and O–H groups in total. The molecule has 0 saturated carbocycles. The zero-order chi connectivity index (χ0) is 42.9. The minimum absolute atomic E-state index is 0.0343. The van der Waals surface area contributed by atoms with E-state index in [9.17, 15) is 9.59 Å². The number of tetrazole rings is 1. The summed E-state index contributed by atoms with van der Waals surface area (Å²) in [7, 11) is 1.71. The van der Waals surface area contributed by atoms with Gasteiger partial charge in [0.05, 0.1) is 11.8 Å². The summed E-state index contributed by atoms with van der Waals surface area (Å²) in [6.45, 7) is -1.32. The van der Waals surface area contributed by atoms with Crippen molar-refractivity contribution >= 4 is 57.6 Å². The molecule has 1 aliphatic rings. The molecule has 1 aromatic heterocycles. The Kier molecular flexibility index (Phi) is 13.3. The third-order valence-corrected chi connectivity index (χ3v) is 16.1. The van der Waals surface area contributed by atoms with E-state index >= 15 is 4.79 Å². The molecule has 2 heterocycles. The number of hydrogen-bond donors (Lipinski definition) is 1. The largest absolute Gasteiger partial charge is 0.448 e. The van der Waals surface area contributed by atoms with E-state index in [1.54, 1.807) is 38.2 Å². The molecule has 6 aromatic carbocycles. The van der Waals surface area contributed by atoms with Gasteiger partial charge in [-0.2, -0.15) is 0 Å². The Morgan fingerprint density at radius 1 is 0.710 bits per heavy atom. The zero-order valence-electron chi connectivity index (χ0n) is 34.2. The summed E-state index contributed by atoms with van der Waals surface area (Å²) in [4.78, 5) is 45.6. The van der Waals surface area contributed by atoms with Crippen LogP contribution < -0.4 is 21.2 Å². The fourth-order valence-electron chi connectivity index (χ4n) is 7.66. The quantitative estimate of drug-likeness (QED) is 0.0685. The summed E-state index contributed by atoms with van der Waals surface area (Å²) in [5.74, 6) is -1.04. The Morgan fingerprint density at radius 2 is 1.18 bits per heavy atom. The fraction of sp³-hybridized carbons (Fsp3) is 0.163. The van der Waals surface area contributed by atoms with Crippen LogP contribution in [0.4, 0.5) is 0 Å². The first-order valence-electron chi connectivity index (χ1n) is 20.2. The first-order valence-corrected chi connectivity index (χ1v) is 23.0. The third kappa shape index (κ3) is 8.96. The average Bonchev–Trinajstić information content (AvgIpc) is 3.75. The van der Waals surface area contributed by atoms with Crippen molar-refractivity contribution in [1.29, 1.82) is 0 Å². The van der Waals surface area contributed by atoms with Gasteiger partial charge in [-0.25, -0.2) is 14.4 Å². The van der Waals surface area contributed by atoms with E-state index in [0.29, 0.717) is 16.1 Å². The number of benzene rings is 6. The smallest absolute Gasteiger partial charge is 0.351 e. The number of ketones is 1. The highest BCUT2D eigenvalue weighted by molar-refractivity contribution is 7.99. The standard InChI is InChI=1S/C49H45N6O5PS/c1-35(43(56)34-62-49-51-52-53-54(49)2)59-46-42(50-45(57)38-25-13-5-14-26-38)33-55(46)47(48(58)60-44(36-21-9-3-10-22-36)37-23-11-4-12-24-37)61(39-27-15-6-16-28-39,40-29-17-7-18-30-40)41-31-19-8-20-32-41/h3-32,35,42,44,46H,33-34H2,1-2H3,(H,50,57)/t35-,42+,46+/m0/s1. The van der Waals surface area contributed by atoms with Gasteiger partial charge in [0.1, 0.15) is 17.7 Å². The Bertz CT molecular complexity index is 2510. The molecule has 0 radical (unpaired) electrons. The van der Waals surface area contributed by atoms with E-state index in [4.69, 9.17) is 9.47 Å². The first-order chi connectivity index (χ1) is 30.3. The van der Waals surface area contributed by atoms with Gasteiger partial charge in [-0.15, -0.1) is 5.10 Å².